The highest BCUT2D eigenvalue weighted by Gasteiger charge is 2.29. The number of hydrogen-bond acceptors (Lipinski definition) is 4. The van der Waals surface area contributed by atoms with Gasteiger partial charge in [0.2, 0.25) is 0 Å². The third-order valence-corrected chi connectivity index (χ3v) is 7.02. The lowest BCUT2D eigenvalue weighted by Crippen LogP contribution is -2.38. The van der Waals surface area contributed by atoms with Crippen LogP contribution in [0.25, 0.3) is 0 Å². The van der Waals surface area contributed by atoms with Gasteiger partial charge in [0.1, 0.15) is 5.40 Å². The molecule has 0 rings (SSSR count). The lowest BCUT2D eigenvalue weighted by molar-refractivity contribution is 0.188. The van der Waals surface area contributed by atoms with E-state index in [9.17, 15) is 0 Å². The zero-order valence-corrected chi connectivity index (χ0v) is 15.3. The molecule has 0 aliphatic heterocycles. The van der Waals surface area contributed by atoms with Gasteiger partial charge in [0.05, 0.1) is 0 Å². The minimum Gasteiger partial charge on any atom is -0.395 e. The van der Waals surface area contributed by atoms with Gasteiger partial charge in [-0.2, -0.15) is 5.26 Å². The maximum Gasteiger partial charge on any atom is 0.334 e. The first-order valence-electron chi connectivity index (χ1n) is 7.97. The third-order valence-electron chi connectivity index (χ3n) is 3.34. The summed E-state index contributed by atoms with van der Waals surface area (Å²) >= 11 is 1.37. The highest BCUT2D eigenvalue weighted by Crippen LogP contribution is 2.19. The van der Waals surface area contributed by atoms with Crippen LogP contribution in [0.3, 0.4) is 0 Å². The van der Waals surface area contributed by atoms with Crippen molar-refractivity contribution in [3.8, 4) is 5.40 Å². The molecule has 0 amide bonds. The van der Waals surface area contributed by atoms with Gasteiger partial charge in [-0.05, 0) is 44.6 Å². The Kier molecular flexibility index (Phi) is 13.9. The summed E-state index contributed by atoms with van der Waals surface area (Å²) in [5.74, 6) is 0.989. The van der Waals surface area contributed by atoms with Crippen molar-refractivity contribution in [2.45, 2.75) is 71.4 Å². The van der Waals surface area contributed by atoms with Crippen molar-refractivity contribution in [3.05, 3.63) is 0 Å². The molecule has 0 spiro atoms. The lowest BCUT2D eigenvalue weighted by atomic mass is 10.1. The largest absolute Gasteiger partial charge is 0.395 e. The first-order valence-corrected chi connectivity index (χ1v) is 11.5. The van der Waals surface area contributed by atoms with Crippen molar-refractivity contribution in [1.82, 2.24) is 0 Å². The molecule has 0 saturated heterocycles. The number of rotatable bonds is 14. The fourth-order valence-corrected chi connectivity index (χ4v) is 5.27. The summed E-state index contributed by atoms with van der Waals surface area (Å²) in [7, 11) is -1.87. The fourth-order valence-electron chi connectivity index (χ4n) is 2.35. The summed E-state index contributed by atoms with van der Waals surface area (Å²) in [6.07, 6.45) is 8.89. The molecule has 20 heavy (non-hydrogen) atoms. The van der Waals surface area contributed by atoms with Crippen LogP contribution in [-0.4, -0.2) is 27.5 Å². The topological polar surface area (TPSA) is 42.2 Å². The normalized spacial score (nSPS) is 11.5. The molecule has 5 heteroatoms. The van der Waals surface area contributed by atoms with E-state index in [2.05, 4.69) is 25.8 Å². The predicted molar refractivity (Wildman–Crippen MR) is 90.1 cm³/mol. The molecule has 0 fully saturated rings. The number of nitrogens with zero attached hydrogens (tertiary/aromatic N) is 1. The summed E-state index contributed by atoms with van der Waals surface area (Å²) in [5.41, 5.74) is 0. The van der Waals surface area contributed by atoms with Gasteiger partial charge in [0.15, 0.2) is 0 Å². The van der Waals surface area contributed by atoms with E-state index >= 15 is 0 Å². The molecular formula is C15H31NO2SSi. The van der Waals surface area contributed by atoms with Gasteiger partial charge in [-0.1, -0.05) is 38.5 Å². The smallest absolute Gasteiger partial charge is 0.334 e. The molecule has 0 saturated carbocycles. The van der Waals surface area contributed by atoms with Gasteiger partial charge in [0.25, 0.3) is 0 Å². The van der Waals surface area contributed by atoms with Crippen molar-refractivity contribution in [3.63, 3.8) is 0 Å². The molecule has 0 aliphatic carbocycles. The van der Waals surface area contributed by atoms with E-state index in [1.807, 2.05) is 0 Å². The van der Waals surface area contributed by atoms with E-state index in [1.54, 1.807) is 0 Å². The summed E-state index contributed by atoms with van der Waals surface area (Å²) in [4.78, 5) is 0. The average Bonchev–Trinajstić information content (AvgIpc) is 2.41. The van der Waals surface area contributed by atoms with Gasteiger partial charge >= 0.3 is 8.56 Å². The summed E-state index contributed by atoms with van der Waals surface area (Å²) in [6, 6.07) is 1.12. The predicted octanol–water partition coefficient (Wildman–Crippen LogP) is 5.08. The SMILES string of the molecule is CCO[Si](C)(CCCCCCCCCSC#N)OCC. The molecule has 0 N–H and O–H groups in total. The summed E-state index contributed by atoms with van der Waals surface area (Å²) in [6.45, 7) is 7.82. The van der Waals surface area contributed by atoms with Crippen LogP contribution in [0.15, 0.2) is 0 Å². The second kappa shape index (κ2) is 13.9. The lowest BCUT2D eigenvalue weighted by Gasteiger charge is -2.25. The van der Waals surface area contributed by atoms with Crippen LogP contribution in [0.2, 0.25) is 12.6 Å². The van der Waals surface area contributed by atoms with E-state index in [1.165, 1.54) is 56.7 Å². The van der Waals surface area contributed by atoms with Crippen molar-refractivity contribution >= 4 is 20.3 Å². The van der Waals surface area contributed by atoms with Crippen molar-refractivity contribution in [2.75, 3.05) is 19.0 Å². The molecule has 0 heterocycles. The Morgan fingerprint density at radius 1 is 0.900 bits per heavy atom. The maximum absolute atomic E-state index is 8.40. The highest BCUT2D eigenvalue weighted by atomic mass is 32.2. The Bertz CT molecular complexity index is 253. The van der Waals surface area contributed by atoms with Gasteiger partial charge < -0.3 is 8.85 Å². The number of thiocyanates is 1. The highest BCUT2D eigenvalue weighted by molar-refractivity contribution is 8.03. The minimum atomic E-state index is -1.87. The zero-order chi connectivity index (χ0) is 15.1. The molecule has 0 bridgehead atoms. The van der Waals surface area contributed by atoms with E-state index in [4.69, 9.17) is 14.1 Å². The molecule has 0 atom stereocenters. The van der Waals surface area contributed by atoms with Crippen LogP contribution in [0, 0.1) is 10.7 Å². The van der Waals surface area contributed by atoms with Gasteiger partial charge in [0, 0.05) is 19.0 Å². The molecule has 0 aliphatic rings. The third kappa shape index (κ3) is 11.8. The van der Waals surface area contributed by atoms with E-state index in [-0.39, 0.29) is 0 Å². The van der Waals surface area contributed by atoms with Crippen LogP contribution in [0.5, 0.6) is 0 Å². The minimum absolute atomic E-state index is 0.767. The molecule has 3 nitrogen and oxygen atoms in total. The Morgan fingerprint density at radius 3 is 1.90 bits per heavy atom. The molecule has 0 unspecified atom stereocenters. The number of unbranched alkanes of at least 4 members (excludes halogenated alkanes) is 6. The average molecular weight is 318 g/mol. The van der Waals surface area contributed by atoms with Crippen LogP contribution < -0.4 is 0 Å². The first kappa shape index (κ1) is 20.0. The Morgan fingerprint density at radius 2 is 1.40 bits per heavy atom. The maximum atomic E-state index is 8.40. The van der Waals surface area contributed by atoms with Crippen LogP contribution in [-0.2, 0) is 8.85 Å². The number of nitriles is 1. The Balaban J connectivity index is 3.43. The van der Waals surface area contributed by atoms with Gasteiger partial charge in [-0.3, -0.25) is 0 Å². The van der Waals surface area contributed by atoms with Crippen molar-refractivity contribution in [1.29, 1.82) is 5.26 Å². The molecule has 0 radical (unpaired) electrons. The van der Waals surface area contributed by atoms with Crippen LogP contribution in [0.1, 0.15) is 58.8 Å². The molecule has 0 aromatic carbocycles. The Labute approximate surface area is 130 Å². The fraction of sp³-hybridized carbons (Fsp3) is 0.933. The standard InChI is InChI=1S/C15H31NO2SSi/c1-4-17-20(3,18-5-2)14-12-10-8-6-7-9-11-13-19-15-16/h4-14H2,1-3H3. The second-order valence-electron chi connectivity index (χ2n) is 5.16. The number of hydrogen-bond donors (Lipinski definition) is 0. The summed E-state index contributed by atoms with van der Waals surface area (Å²) in [5, 5.41) is 10.5. The van der Waals surface area contributed by atoms with Crippen molar-refractivity contribution < 1.29 is 8.85 Å². The van der Waals surface area contributed by atoms with Crippen molar-refractivity contribution in [2.24, 2.45) is 0 Å². The van der Waals surface area contributed by atoms with E-state index in [0.717, 1.165) is 25.0 Å². The molecule has 118 valence electrons. The molecule has 0 aromatic heterocycles. The Hall–Kier alpha value is -0.0231. The second-order valence-corrected chi connectivity index (χ2v) is 9.39. The van der Waals surface area contributed by atoms with Gasteiger partial charge in [-0.25, -0.2) is 0 Å². The first-order chi connectivity index (χ1) is 9.68. The molecule has 0 aromatic rings. The van der Waals surface area contributed by atoms with Gasteiger partial charge in [-0.15, -0.1) is 0 Å². The molecular weight excluding hydrogens is 286 g/mol. The van der Waals surface area contributed by atoms with E-state index < -0.39 is 8.56 Å². The zero-order valence-electron chi connectivity index (χ0n) is 13.5. The number of thioether (sulfide) groups is 1. The van der Waals surface area contributed by atoms with Crippen LogP contribution in [0.4, 0.5) is 0 Å². The monoisotopic (exact) mass is 317 g/mol. The van der Waals surface area contributed by atoms with E-state index in [0.29, 0.717) is 0 Å². The van der Waals surface area contributed by atoms with Crippen LogP contribution >= 0.6 is 11.8 Å². The summed E-state index contributed by atoms with van der Waals surface area (Å²) < 4.78 is 11.7. The quantitative estimate of drug-likeness (QED) is 0.255.